The molecule has 2 bridgehead atoms. The summed E-state index contributed by atoms with van der Waals surface area (Å²) in [5.41, 5.74) is 0. The minimum atomic E-state index is -2.99. The van der Waals surface area contributed by atoms with E-state index in [9.17, 15) is 8.42 Å². The Morgan fingerprint density at radius 1 is 1.27 bits per heavy atom. The van der Waals surface area contributed by atoms with Gasteiger partial charge in [-0.25, -0.2) is 8.42 Å². The predicted molar refractivity (Wildman–Crippen MR) is 61.6 cm³/mol. The van der Waals surface area contributed by atoms with E-state index in [-0.39, 0.29) is 5.75 Å². The highest BCUT2D eigenvalue weighted by molar-refractivity contribution is 7.89. The largest absolute Gasteiger partial charge is 0.214 e. The van der Waals surface area contributed by atoms with Crippen LogP contribution in [0.4, 0.5) is 0 Å². The van der Waals surface area contributed by atoms with Gasteiger partial charge in [-0.2, -0.15) is 4.31 Å². The van der Waals surface area contributed by atoms with Crippen LogP contribution in [0.15, 0.2) is 0 Å². The van der Waals surface area contributed by atoms with Crippen LogP contribution < -0.4 is 0 Å². The summed E-state index contributed by atoms with van der Waals surface area (Å²) in [6, 6.07) is 0.316. The van der Waals surface area contributed by atoms with E-state index in [1.807, 2.05) is 0 Å². The Hall–Kier alpha value is 0.200. The maximum atomic E-state index is 12.0. The summed E-state index contributed by atoms with van der Waals surface area (Å²) in [6.07, 6.45) is 4.87. The monoisotopic (exact) mass is 251 g/mol. The lowest BCUT2D eigenvalue weighted by molar-refractivity contribution is 0.333. The smallest absolute Gasteiger partial charge is 0.212 e. The second-order valence-corrected chi connectivity index (χ2v) is 7.03. The van der Waals surface area contributed by atoms with Gasteiger partial charge in [0.1, 0.15) is 0 Å². The summed E-state index contributed by atoms with van der Waals surface area (Å²) < 4.78 is 25.7. The normalized spacial score (nSPS) is 31.3. The average Bonchev–Trinajstić information content (AvgIpc) is 2.79. The zero-order valence-electron chi connectivity index (χ0n) is 8.86. The van der Waals surface area contributed by atoms with Crippen LogP contribution in [0.25, 0.3) is 0 Å². The Labute approximate surface area is 96.8 Å². The van der Waals surface area contributed by atoms with Crippen molar-refractivity contribution in [1.29, 1.82) is 0 Å². The molecule has 0 amide bonds. The molecule has 1 saturated carbocycles. The van der Waals surface area contributed by atoms with Crippen molar-refractivity contribution < 1.29 is 8.42 Å². The lowest BCUT2D eigenvalue weighted by Crippen LogP contribution is -2.39. The minimum absolute atomic E-state index is 0.281. The fourth-order valence-electron chi connectivity index (χ4n) is 2.72. The van der Waals surface area contributed by atoms with Gasteiger partial charge < -0.3 is 0 Å². The molecular weight excluding hydrogens is 234 g/mol. The molecular formula is C10H18ClNO2S. The highest BCUT2D eigenvalue weighted by Crippen LogP contribution is 2.39. The van der Waals surface area contributed by atoms with E-state index in [0.717, 1.165) is 25.8 Å². The van der Waals surface area contributed by atoms with Crippen LogP contribution in [0.1, 0.15) is 32.1 Å². The zero-order valence-corrected chi connectivity index (χ0v) is 10.4. The molecule has 2 atom stereocenters. The van der Waals surface area contributed by atoms with Gasteiger partial charge >= 0.3 is 0 Å². The van der Waals surface area contributed by atoms with Gasteiger partial charge in [0.05, 0.1) is 5.75 Å². The van der Waals surface area contributed by atoms with Crippen molar-refractivity contribution in [3.05, 3.63) is 0 Å². The molecule has 2 rings (SSSR count). The molecule has 0 N–H and O–H groups in total. The number of nitrogens with zero attached hydrogens (tertiary/aromatic N) is 1. The number of alkyl halides is 1. The van der Waals surface area contributed by atoms with E-state index >= 15 is 0 Å². The van der Waals surface area contributed by atoms with E-state index in [2.05, 4.69) is 0 Å². The first-order valence-corrected chi connectivity index (χ1v) is 7.83. The minimum Gasteiger partial charge on any atom is -0.212 e. The Balaban J connectivity index is 1.92. The summed E-state index contributed by atoms with van der Waals surface area (Å²) in [6.45, 7) is 0.772. The molecule has 1 saturated heterocycles. The Kier molecular flexibility index (Phi) is 3.58. The topological polar surface area (TPSA) is 37.4 Å². The quantitative estimate of drug-likeness (QED) is 0.552. The van der Waals surface area contributed by atoms with Crippen molar-refractivity contribution in [3.8, 4) is 0 Å². The Morgan fingerprint density at radius 3 is 2.60 bits per heavy atom. The van der Waals surface area contributed by atoms with Crippen LogP contribution >= 0.6 is 11.6 Å². The molecule has 2 aliphatic rings. The molecule has 5 heteroatoms. The Bertz CT molecular complexity index is 317. The molecule has 0 aromatic carbocycles. The molecule has 2 fully saturated rings. The molecule has 1 heterocycles. The second kappa shape index (κ2) is 4.60. The number of unbranched alkanes of at least 4 members (excludes halogenated alkanes) is 1. The van der Waals surface area contributed by atoms with Gasteiger partial charge in [-0.05, 0) is 38.0 Å². The van der Waals surface area contributed by atoms with E-state index < -0.39 is 10.0 Å². The van der Waals surface area contributed by atoms with Gasteiger partial charge in [-0.3, -0.25) is 0 Å². The van der Waals surface area contributed by atoms with Crippen molar-refractivity contribution in [1.82, 2.24) is 4.31 Å². The second-order valence-electron chi connectivity index (χ2n) is 4.61. The van der Waals surface area contributed by atoms with Crippen LogP contribution in [0.5, 0.6) is 0 Å². The molecule has 0 radical (unpaired) electrons. The fourth-order valence-corrected chi connectivity index (χ4v) is 4.79. The number of halogens is 1. The average molecular weight is 252 g/mol. The molecule has 0 aromatic heterocycles. The first kappa shape index (κ1) is 11.7. The van der Waals surface area contributed by atoms with E-state index in [1.54, 1.807) is 4.31 Å². The number of piperidine rings is 1. The van der Waals surface area contributed by atoms with Gasteiger partial charge in [-0.1, -0.05) is 0 Å². The van der Waals surface area contributed by atoms with Crippen molar-refractivity contribution >= 4 is 21.6 Å². The maximum absolute atomic E-state index is 12.0. The van der Waals surface area contributed by atoms with Crippen LogP contribution in [0, 0.1) is 5.92 Å². The maximum Gasteiger partial charge on any atom is 0.214 e. The first-order valence-electron chi connectivity index (χ1n) is 5.69. The van der Waals surface area contributed by atoms with Gasteiger partial charge in [0, 0.05) is 18.5 Å². The third-order valence-electron chi connectivity index (χ3n) is 3.50. The van der Waals surface area contributed by atoms with Crippen LogP contribution in [0.2, 0.25) is 0 Å². The molecule has 1 aliphatic carbocycles. The molecule has 1 aliphatic heterocycles. The summed E-state index contributed by atoms with van der Waals surface area (Å²) in [7, 11) is -2.99. The third kappa shape index (κ3) is 2.48. The van der Waals surface area contributed by atoms with Crippen molar-refractivity contribution in [2.24, 2.45) is 5.92 Å². The van der Waals surface area contributed by atoms with E-state index in [1.165, 1.54) is 6.42 Å². The number of hydrogen-bond acceptors (Lipinski definition) is 2. The first-order chi connectivity index (χ1) is 7.13. The van der Waals surface area contributed by atoms with Crippen LogP contribution in [-0.2, 0) is 10.0 Å². The lowest BCUT2D eigenvalue weighted by Gasteiger charge is -2.26. The molecule has 0 aromatic rings. The van der Waals surface area contributed by atoms with Gasteiger partial charge in [0.15, 0.2) is 0 Å². The lowest BCUT2D eigenvalue weighted by atomic mass is 10.1. The van der Waals surface area contributed by atoms with Crippen molar-refractivity contribution in [2.45, 2.75) is 38.1 Å². The van der Waals surface area contributed by atoms with Crippen LogP contribution in [-0.4, -0.2) is 36.9 Å². The number of fused-ring (bicyclic) bond motifs is 2. The van der Waals surface area contributed by atoms with E-state index in [0.29, 0.717) is 24.3 Å². The number of rotatable bonds is 5. The van der Waals surface area contributed by atoms with Crippen molar-refractivity contribution in [2.75, 3.05) is 18.2 Å². The summed E-state index contributed by atoms with van der Waals surface area (Å²) in [5.74, 6) is 1.47. The fraction of sp³-hybridized carbons (Fsp3) is 1.00. The molecule has 15 heavy (non-hydrogen) atoms. The zero-order chi connectivity index (χ0) is 10.9. The molecule has 88 valence electrons. The summed E-state index contributed by atoms with van der Waals surface area (Å²) in [5, 5.41) is 0. The Morgan fingerprint density at radius 2 is 2.07 bits per heavy atom. The molecule has 0 spiro atoms. The SMILES string of the molecule is O=S(=O)(CCCCCl)N1CC2CCC1C2. The number of hydrogen-bond donors (Lipinski definition) is 0. The summed E-state index contributed by atoms with van der Waals surface area (Å²) >= 11 is 5.54. The van der Waals surface area contributed by atoms with Crippen molar-refractivity contribution in [3.63, 3.8) is 0 Å². The molecule has 3 nitrogen and oxygen atoms in total. The number of sulfonamides is 1. The highest BCUT2D eigenvalue weighted by atomic mass is 35.5. The van der Waals surface area contributed by atoms with Gasteiger partial charge in [0.2, 0.25) is 10.0 Å². The predicted octanol–water partition coefficient (Wildman–Crippen LogP) is 1.82. The van der Waals surface area contributed by atoms with Crippen LogP contribution in [0.3, 0.4) is 0 Å². The molecule has 2 unspecified atom stereocenters. The van der Waals surface area contributed by atoms with Gasteiger partial charge in [-0.15, -0.1) is 11.6 Å². The standard InChI is InChI=1S/C10H18ClNO2S/c11-5-1-2-6-15(13,14)12-8-9-3-4-10(12)7-9/h9-10H,1-8H2. The highest BCUT2D eigenvalue weighted by Gasteiger charge is 2.43. The summed E-state index contributed by atoms with van der Waals surface area (Å²) in [4.78, 5) is 0. The third-order valence-corrected chi connectivity index (χ3v) is 5.74. The van der Waals surface area contributed by atoms with Gasteiger partial charge in [0.25, 0.3) is 0 Å². The van der Waals surface area contributed by atoms with E-state index in [4.69, 9.17) is 11.6 Å².